The molecule has 1 amide bonds. The summed E-state index contributed by atoms with van der Waals surface area (Å²) in [7, 11) is 3.84. The zero-order valence-corrected chi connectivity index (χ0v) is 13.8. The molecule has 0 fully saturated rings. The van der Waals surface area contributed by atoms with E-state index < -0.39 is 0 Å². The van der Waals surface area contributed by atoms with E-state index in [1.807, 2.05) is 19.0 Å². The minimum atomic E-state index is -0.331. The van der Waals surface area contributed by atoms with Crippen LogP contribution in [0, 0.1) is 5.82 Å². The Bertz CT molecular complexity index is 681. The molecule has 2 rings (SSSR count). The van der Waals surface area contributed by atoms with Crippen LogP contribution in [-0.2, 0) is 6.54 Å². The molecular formula is C16H18ClFN4O. The summed E-state index contributed by atoms with van der Waals surface area (Å²) in [5, 5.41) is 0.201. The second-order valence-electron chi connectivity index (χ2n) is 5.38. The standard InChI is InChI=1S/C16H18ClFN4O/c1-21(2)6-7-22(10-12-4-3-5-13(18)8-12)16(23)15-14(17)9-19-11-20-15/h3-5,8-9,11H,6-7,10H2,1-2H3. The van der Waals surface area contributed by atoms with Crippen LogP contribution in [0.25, 0.3) is 0 Å². The predicted molar refractivity (Wildman–Crippen MR) is 86.7 cm³/mol. The van der Waals surface area contributed by atoms with E-state index in [-0.39, 0.29) is 29.0 Å². The molecule has 0 atom stereocenters. The molecule has 1 aromatic heterocycles. The largest absolute Gasteiger partial charge is 0.332 e. The maximum Gasteiger partial charge on any atom is 0.274 e. The van der Waals surface area contributed by atoms with Crippen LogP contribution in [0.4, 0.5) is 4.39 Å². The van der Waals surface area contributed by atoms with Gasteiger partial charge in [-0.1, -0.05) is 23.7 Å². The van der Waals surface area contributed by atoms with Crippen LogP contribution in [0.2, 0.25) is 5.02 Å². The smallest absolute Gasteiger partial charge is 0.274 e. The molecule has 0 bridgehead atoms. The second-order valence-corrected chi connectivity index (χ2v) is 5.79. The van der Waals surface area contributed by atoms with E-state index in [4.69, 9.17) is 11.6 Å². The third-order valence-corrected chi connectivity index (χ3v) is 3.51. The van der Waals surface area contributed by atoms with Crippen molar-refractivity contribution in [3.8, 4) is 0 Å². The summed E-state index contributed by atoms with van der Waals surface area (Å²) in [6, 6.07) is 6.19. The molecule has 1 aromatic carbocycles. The van der Waals surface area contributed by atoms with E-state index in [0.717, 1.165) is 0 Å². The number of amides is 1. The lowest BCUT2D eigenvalue weighted by Gasteiger charge is -2.24. The van der Waals surface area contributed by atoms with Crippen molar-refractivity contribution in [1.29, 1.82) is 0 Å². The molecule has 0 aliphatic carbocycles. The maximum atomic E-state index is 13.4. The van der Waals surface area contributed by atoms with Gasteiger partial charge in [0.05, 0.1) is 5.02 Å². The van der Waals surface area contributed by atoms with Crippen LogP contribution in [0.1, 0.15) is 16.1 Å². The molecule has 5 nitrogen and oxygen atoms in total. The molecule has 0 unspecified atom stereocenters. The Morgan fingerprint density at radius 2 is 2.09 bits per heavy atom. The lowest BCUT2D eigenvalue weighted by molar-refractivity contribution is 0.0726. The lowest BCUT2D eigenvalue weighted by atomic mass is 10.2. The normalized spacial score (nSPS) is 10.8. The number of rotatable bonds is 6. The first kappa shape index (κ1) is 17.3. The van der Waals surface area contributed by atoms with Gasteiger partial charge in [0.1, 0.15) is 17.8 Å². The van der Waals surface area contributed by atoms with Crippen molar-refractivity contribution in [2.75, 3.05) is 27.2 Å². The van der Waals surface area contributed by atoms with Crippen molar-refractivity contribution in [1.82, 2.24) is 19.8 Å². The number of carbonyl (C=O) groups excluding carboxylic acids is 1. The third-order valence-electron chi connectivity index (χ3n) is 3.24. The van der Waals surface area contributed by atoms with E-state index in [2.05, 4.69) is 9.97 Å². The molecule has 0 radical (unpaired) electrons. The molecule has 0 saturated heterocycles. The van der Waals surface area contributed by atoms with E-state index in [0.29, 0.717) is 18.7 Å². The average molecular weight is 337 g/mol. The second kappa shape index (κ2) is 7.99. The van der Waals surface area contributed by atoms with Gasteiger partial charge in [-0.3, -0.25) is 4.79 Å². The van der Waals surface area contributed by atoms with Gasteiger partial charge in [-0.05, 0) is 31.8 Å². The molecule has 0 N–H and O–H groups in total. The van der Waals surface area contributed by atoms with Crippen molar-refractivity contribution < 1.29 is 9.18 Å². The Labute approximate surface area is 139 Å². The van der Waals surface area contributed by atoms with Gasteiger partial charge in [-0.25, -0.2) is 14.4 Å². The van der Waals surface area contributed by atoms with Crippen molar-refractivity contribution >= 4 is 17.5 Å². The van der Waals surface area contributed by atoms with Crippen LogP contribution in [0.5, 0.6) is 0 Å². The molecule has 122 valence electrons. The average Bonchev–Trinajstić information content (AvgIpc) is 2.51. The van der Waals surface area contributed by atoms with Crippen molar-refractivity contribution in [2.45, 2.75) is 6.54 Å². The van der Waals surface area contributed by atoms with Gasteiger partial charge in [0.25, 0.3) is 5.91 Å². The predicted octanol–water partition coefficient (Wildman–Crippen LogP) is 2.47. The zero-order chi connectivity index (χ0) is 16.8. The topological polar surface area (TPSA) is 49.3 Å². The molecule has 2 aromatic rings. The summed E-state index contributed by atoms with van der Waals surface area (Å²) in [6.45, 7) is 1.43. The lowest BCUT2D eigenvalue weighted by Crippen LogP contribution is -2.36. The highest BCUT2D eigenvalue weighted by atomic mass is 35.5. The van der Waals surface area contributed by atoms with Crippen molar-refractivity contribution in [2.24, 2.45) is 0 Å². The summed E-state index contributed by atoms with van der Waals surface area (Å²) >= 11 is 6.01. The van der Waals surface area contributed by atoms with Gasteiger partial charge in [0.15, 0.2) is 0 Å². The first-order chi connectivity index (χ1) is 11.0. The number of carbonyl (C=O) groups is 1. The number of hydrogen-bond donors (Lipinski definition) is 0. The van der Waals surface area contributed by atoms with Gasteiger partial charge in [-0.2, -0.15) is 0 Å². The van der Waals surface area contributed by atoms with Gasteiger partial charge >= 0.3 is 0 Å². The monoisotopic (exact) mass is 336 g/mol. The Morgan fingerprint density at radius 3 is 2.74 bits per heavy atom. The SMILES string of the molecule is CN(C)CCN(Cc1cccc(F)c1)C(=O)c1ncncc1Cl. The maximum absolute atomic E-state index is 13.4. The Morgan fingerprint density at radius 1 is 1.30 bits per heavy atom. The molecule has 7 heteroatoms. The van der Waals surface area contributed by atoms with Crippen molar-refractivity contribution in [3.05, 3.63) is 58.9 Å². The number of likely N-dealkylation sites (N-methyl/N-ethyl adjacent to an activating group) is 1. The first-order valence-corrected chi connectivity index (χ1v) is 7.49. The van der Waals surface area contributed by atoms with Crippen LogP contribution in [0.15, 0.2) is 36.8 Å². The van der Waals surface area contributed by atoms with Crippen LogP contribution in [0.3, 0.4) is 0 Å². The van der Waals surface area contributed by atoms with E-state index >= 15 is 0 Å². The minimum absolute atomic E-state index is 0.150. The number of aromatic nitrogens is 2. The van der Waals surface area contributed by atoms with Gasteiger partial charge < -0.3 is 9.80 Å². The number of hydrogen-bond acceptors (Lipinski definition) is 4. The fraction of sp³-hybridized carbons (Fsp3) is 0.312. The first-order valence-electron chi connectivity index (χ1n) is 7.11. The fourth-order valence-corrected chi connectivity index (χ4v) is 2.23. The van der Waals surface area contributed by atoms with E-state index in [9.17, 15) is 9.18 Å². The summed E-state index contributed by atoms with van der Waals surface area (Å²) in [6.07, 6.45) is 2.67. The summed E-state index contributed by atoms with van der Waals surface area (Å²) in [4.78, 5) is 24.0. The molecule has 23 heavy (non-hydrogen) atoms. The highest BCUT2D eigenvalue weighted by Crippen LogP contribution is 2.16. The molecule has 0 saturated carbocycles. The summed E-state index contributed by atoms with van der Waals surface area (Å²) in [5.74, 6) is -0.633. The van der Waals surface area contributed by atoms with E-state index in [1.54, 1.807) is 17.0 Å². The fourth-order valence-electron chi connectivity index (χ4n) is 2.05. The molecular weight excluding hydrogens is 319 g/mol. The summed E-state index contributed by atoms with van der Waals surface area (Å²) in [5.41, 5.74) is 0.860. The van der Waals surface area contributed by atoms with E-state index in [1.165, 1.54) is 24.7 Å². The molecule has 0 aliphatic heterocycles. The molecule has 0 spiro atoms. The van der Waals surface area contributed by atoms with Gasteiger partial charge in [-0.15, -0.1) is 0 Å². The number of benzene rings is 1. The number of halogens is 2. The Hall–Kier alpha value is -2.05. The molecule has 0 aliphatic rings. The summed E-state index contributed by atoms with van der Waals surface area (Å²) < 4.78 is 13.4. The van der Waals surface area contributed by atoms with Crippen molar-refractivity contribution in [3.63, 3.8) is 0 Å². The van der Waals surface area contributed by atoms with Gasteiger partial charge in [0, 0.05) is 25.8 Å². The quantitative estimate of drug-likeness (QED) is 0.813. The van der Waals surface area contributed by atoms with Crippen LogP contribution < -0.4 is 0 Å². The minimum Gasteiger partial charge on any atom is -0.332 e. The highest BCUT2D eigenvalue weighted by Gasteiger charge is 2.20. The van der Waals surface area contributed by atoms with Crippen LogP contribution in [-0.4, -0.2) is 52.9 Å². The van der Waals surface area contributed by atoms with Crippen LogP contribution >= 0.6 is 11.6 Å². The number of nitrogens with zero attached hydrogens (tertiary/aromatic N) is 4. The Balaban J connectivity index is 2.23. The zero-order valence-electron chi connectivity index (χ0n) is 13.0. The Kier molecular flexibility index (Phi) is 6.01. The third kappa shape index (κ3) is 4.97. The van der Waals surface area contributed by atoms with Gasteiger partial charge in [0.2, 0.25) is 0 Å². The highest BCUT2D eigenvalue weighted by molar-refractivity contribution is 6.33. The molecule has 1 heterocycles.